The average molecular weight is 258 g/mol. The molecule has 1 aliphatic rings. The van der Waals surface area contributed by atoms with Crippen molar-refractivity contribution in [3.05, 3.63) is 24.0 Å². The van der Waals surface area contributed by atoms with Crippen LogP contribution in [0.4, 0.5) is 5.69 Å². The Morgan fingerprint density at radius 3 is 2.89 bits per heavy atom. The molecular weight excluding hydrogens is 240 g/mol. The molecule has 1 aromatic heterocycles. The summed E-state index contributed by atoms with van der Waals surface area (Å²) < 4.78 is 2.15. The van der Waals surface area contributed by atoms with E-state index in [-0.39, 0.29) is 11.9 Å². The van der Waals surface area contributed by atoms with E-state index >= 15 is 0 Å². The highest BCUT2D eigenvalue weighted by Gasteiger charge is 2.31. The van der Waals surface area contributed by atoms with Crippen molar-refractivity contribution in [2.75, 3.05) is 5.73 Å². The van der Waals surface area contributed by atoms with Gasteiger partial charge in [0, 0.05) is 24.1 Å². The number of primary amides is 1. The first-order valence-electron chi connectivity index (χ1n) is 6.62. The number of carbonyl (C=O) groups excluding carboxylic acids is 1. The molecule has 0 saturated heterocycles. The zero-order chi connectivity index (χ0) is 13.6. The van der Waals surface area contributed by atoms with Crippen molar-refractivity contribution in [1.82, 2.24) is 9.55 Å². The van der Waals surface area contributed by atoms with E-state index < -0.39 is 0 Å². The van der Waals surface area contributed by atoms with Crippen molar-refractivity contribution in [3.63, 3.8) is 0 Å². The first kappa shape index (κ1) is 12.0. The molecule has 4 N–H and O–H groups in total. The lowest BCUT2D eigenvalue weighted by atomic mass is 10.2. The summed E-state index contributed by atoms with van der Waals surface area (Å²) in [4.78, 5) is 15.9. The fraction of sp³-hybridized carbons (Fsp3) is 0.429. The lowest BCUT2D eigenvalue weighted by molar-refractivity contribution is -0.118. The molecule has 1 aromatic carbocycles. The molecule has 1 fully saturated rings. The maximum Gasteiger partial charge on any atom is 0.219 e. The van der Waals surface area contributed by atoms with Gasteiger partial charge < -0.3 is 16.0 Å². The molecule has 0 spiro atoms. The summed E-state index contributed by atoms with van der Waals surface area (Å²) in [5.41, 5.74) is 13.8. The number of carbonyl (C=O) groups is 1. The standard InChI is InChI=1S/C14H18N4O/c1-8(6-13(16)19)18-12-5-4-10(15)7-11(12)17-14(18)9-2-3-9/h4-5,7-9H,2-3,6,15H2,1H3,(H2,16,19). The van der Waals surface area contributed by atoms with Gasteiger partial charge in [-0.1, -0.05) is 0 Å². The van der Waals surface area contributed by atoms with Gasteiger partial charge in [-0.3, -0.25) is 4.79 Å². The summed E-state index contributed by atoms with van der Waals surface area (Å²) in [5, 5.41) is 0. The second kappa shape index (κ2) is 4.26. The molecular formula is C14H18N4O. The van der Waals surface area contributed by atoms with Crippen molar-refractivity contribution in [2.24, 2.45) is 5.73 Å². The third kappa shape index (κ3) is 2.16. The van der Waals surface area contributed by atoms with E-state index in [2.05, 4.69) is 4.57 Å². The van der Waals surface area contributed by atoms with Crippen LogP contribution >= 0.6 is 0 Å². The molecule has 0 bridgehead atoms. The zero-order valence-electron chi connectivity index (χ0n) is 11.0. The normalized spacial score (nSPS) is 16.7. The van der Waals surface area contributed by atoms with E-state index in [1.165, 1.54) is 12.8 Å². The molecule has 0 radical (unpaired) electrons. The van der Waals surface area contributed by atoms with Crippen LogP contribution in [-0.2, 0) is 4.79 Å². The molecule has 100 valence electrons. The van der Waals surface area contributed by atoms with Crippen molar-refractivity contribution in [1.29, 1.82) is 0 Å². The smallest absolute Gasteiger partial charge is 0.219 e. The Bertz CT molecular complexity index is 642. The number of nitrogens with two attached hydrogens (primary N) is 2. The molecule has 2 aromatic rings. The molecule has 1 amide bonds. The van der Waals surface area contributed by atoms with E-state index in [0.717, 1.165) is 16.9 Å². The molecule has 0 aliphatic heterocycles. The Labute approximate surface area is 111 Å². The molecule has 5 nitrogen and oxygen atoms in total. The van der Waals surface area contributed by atoms with Gasteiger partial charge in [-0.05, 0) is 38.0 Å². The lowest BCUT2D eigenvalue weighted by Gasteiger charge is -2.16. The fourth-order valence-corrected chi connectivity index (χ4v) is 2.61. The van der Waals surface area contributed by atoms with Crippen LogP contribution in [0.15, 0.2) is 18.2 Å². The van der Waals surface area contributed by atoms with Crippen LogP contribution < -0.4 is 11.5 Å². The van der Waals surface area contributed by atoms with E-state index in [1.807, 2.05) is 25.1 Å². The second-order valence-electron chi connectivity index (χ2n) is 5.38. The largest absolute Gasteiger partial charge is 0.399 e. The van der Waals surface area contributed by atoms with E-state index in [0.29, 0.717) is 18.0 Å². The molecule has 1 heterocycles. The zero-order valence-corrected chi connectivity index (χ0v) is 11.0. The van der Waals surface area contributed by atoms with Crippen molar-refractivity contribution < 1.29 is 4.79 Å². The Morgan fingerprint density at radius 2 is 2.26 bits per heavy atom. The molecule has 1 saturated carbocycles. The molecule has 19 heavy (non-hydrogen) atoms. The van der Waals surface area contributed by atoms with Gasteiger partial charge in [-0.15, -0.1) is 0 Å². The third-order valence-corrected chi connectivity index (χ3v) is 3.62. The van der Waals surface area contributed by atoms with Crippen LogP contribution in [0, 0.1) is 0 Å². The summed E-state index contributed by atoms with van der Waals surface area (Å²) in [5.74, 6) is 1.30. The quantitative estimate of drug-likeness (QED) is 0.821. The van der Waals surface area contributed by atoms with Gasteiger partial charge in [0.25, 0.3) is 0 Å². The van der Waals surface area contributed by atoms with Crippen molar-refractivity contribution in [3.8, 4) is 0 Å². The summed E-state index contributed by atoms with van der Waals surface area (Å²) in [7, 11) is 0. The van der Waals surface area contributed by atoms with Gasteiger partial charge in [0.2, 0.25) is 5.91 Å². The second-order valence-corrected chi connectivity index (χ2v) is 5.38. The minimum atomic E-state index is -0.286. The predicted octanol–water partition coefficient (Wildman–Crippen LogP) is 1.93. The van der Waals surface area contributed by atoms with Crippen LogP contribution in [-0.4, -0.2) is 15.5 Å². The van der Waals surface area contributed by atoms with Crippen LogP contribution in [0.1, 0.15) is 44.0 Å². The maximum atomic E-state index is 11.2. The number of benzene rings is 1. The molecule has 3 rings (SSSR count). The summed E-state index contributed by atoms with van der Waals surface area (Å²) in [6.07, 6.45) is 2.67. The van der Waals surface area contributed by atoms with Crippen LogP contribution in [0.25, 0.3) is 11.0 Å². The monoisotopic (exact) mass is 258 g/mol. The number of nitrogen functional groups attached to an aromatic ring is 1. The Morgan fingerprint density at radius 1 is 1.53 bits per heavy atom. The van der Waals surface area contributed by atoms with Gasteiger partial charge in [-0.25, -0.2) is 4.98 Å². The highest BCUT2D eigenvalue weighted by atomic mass is 16.1. The van der Waals surface area contributed by atoms with Crippen molar-refractivity contribution >= 4 is 22.6 Å². The number of hydrogen-bond acceptors (Lipinski definition) is 3. The van der Waals surface area contributed by atoms with E-state index in [1.54, 1.807) is 0 Å². The number of rotatable bonds is 4. The Balaban J connectivity index is 2.13. The number of imidazole rings is 1. The number of nitrogens with zero attached hydrogens (tertiary/aromatic N) is 2. The van der Waals surface area contributed by atoms with E-state index in [4.69, 9.17) is 16.5 Å². The number of hydrogen-bond donors (Lipinski definition) is 2. The summed E-state index contributed by atoms with van der Waals surface area (Å²) in [6, 6.07) is 5.76. The Hall–Kier alpha value is -2.04. The van der Waals surface area contributed by atoms with Gasteiger partial charge in [0.05, 0.1) is 11.0 Å². The first-order valence-corrected chi connectivity index (χ1v) is 6.62. The molecule has 1 unspecified atom stereocenters. The summed E-state index contributed by atoms with van der Waals surface area (Å²) >= 11 is 0. The van der Waals surface area contributed by atoms with Crippen LogP contribution in [0.3, 0.4) is 0 Å². The van der Waals surface area contributed by atoms with Gasteiger partial charge in [0.15, 0.2) is 0 Å². The number of fused-ring (bicyclic) bond motifs is 1. The highest BCUT2D eigenvalue weighted by Crippen LogP contribution is 2.42. The predicted molar refractivity (Wildman–Crippen MR) is 74.6 cm³/mol. The van der Waals surface area contributed by atoms with Crippen LogP contribution in [0.2, 0.25) is 0 Å². The van der Waals surface area contributed by atoms with Gasteiger partial charge >= 0.3 is 0 Å². The topological polar surface area (TPSA) is 86.9 Å². The van der Waals surface area contributed by atoms with Gasteiger partial charge in [-0.2, -0.15) is 0 Å². The fourth-order valence-electron chi connectivity index (χ4n) is 2.61. The molecule has 5 heteroatoms. The van der Waals surface area contributed by atoms with Crippen LogP contribution in [0.5, 0.6) is 0 Å². The maximum absolute atomic E-state index is 11.2. The first-order chi connectivity index (χ1) is 9.06. The number of anilines is 1. The Kier molecular flexibility index (Phi) is 2.69. The minimum Gasteiger partial charge on any atom is -0.399 e. The third-order valence-electron chi connectivity index (χ3n) is 3.62. The highest BCUT2D eigenvalue weighted by molar-refractivity contribution is 5.80. The molecule has 1 atom stereocenters. The number of amides is 1. The minimum absolute atomic E-state index is 0.0294. The van der Waals surface area contributed by atoms with Gasteiger partial charge in [0.1, 0.15) is 5.82 Å². The van der Waals surface area contributed by atoms with E-state index in [9.17, 15) is 4.79 Å². The lowest BCUT2D eigenvalue weighted by Crippen LogP contribution is -2.18. The molecule has 1 aliphatic carbocycles. The number of aromatic nitrogens is 2. The SMILES string of the molecule is CC(CC(N)=O)n1c(C2CC2)nc2cc(N)ccc21. The average Bonchev–Trinajstić information content (AvgIpc) is 3.09. The van der Waals surface area contributed by atoms with Crippen molar-refractivity contribution in [2.45, 2.75) is 38.1 Å². The summed E-state index contributed by atoms with van der Waals surface area (Å²) in [6.45, 7) is 2.01.